The Labute approximate surface area is 171 Å². The first-order valence-electron chi connectivity index (χ1n) is 9.09. The van der Waals surface area contributed by atoms with Crippen LogP contribution in [0.4, 0.5) is 5.69 Å². The molecule has 0 unspecified atom stereocenters. The van der Waals surface area contributed by atoms with Crippen molar-refractivity contribution < 1.29 is 26.3 Å². The van der Waals surface area contributed by atoms with Gasteiger partial charge in [-0.1, -0.05) is 0 Å². The Kier molecular flexibility index (Phi) is 6.47. The van der Waals surface area contributed by atoms with Gasteiger partial charge in [-0.3, -0.25) is 4.72 Å². The number of sulfonamides is 2. The summed E-state index contributed by atoms with van der Waals surface area (Å²) in [5, 5.41) is 0. The normalized spacial score (nSPS) is 14.6. The summed E-state index contributed by atoms with van der Waals surface area (Å²) >= 11 is 0. The zero-order valence-electron chi connectivity index (χ0n) is 16.2. The molecule has 158 valence electrons. The molecule has 2 N–H and O–H groups in total. The molecule has 0 bridgehead atoms. The second-order valence-electron chi connectivity index (χ2n) is 6.79. The van der Waals surface area contributed by atoms with Gasteiger partial charge in [-0.15, -0.1) is 0 Å². The van der Waals surface area contributed by atoms with Crippen LogP contribution in [0.2, 0.25) is 0 Å². The smallest absolute Gasteiger partial charge is 0.261 e. The summed E-state index contributed by atoms with van der Waals surface area (Å²) in [6, 6.07) is 10.2. The van der Waals surface area contributed by atoms with Crippen molar-refractivity contribution in [3.63, 3.8) is 0 Å². The van der Waals surface area contributed by atoms with E-state index < -0.39 is 20.0 Å². The molecule has 0 aliphatic heterocycles. The highest BCUT2D eigenvalue weighted by molar-refractivity contribution is 7.92. The van der Waals surface area contributed by atoms with Crippen molar-refractivity contribution in [2.45, 2.75) is 35.6 Å². The van der Waals surface area contributed by atoms with Crippen LogP contribution in [0.25, 0.3) is 0 Å². The topological polar surface area (TPSA) is 111 Å². The van der Waals surface area contributed by atoms with Crippen LogP contribution in [0.3, 0.4) is 0 Å². The molecule has 8 nitrogen and oxygen atoms in total. The van der Waals surface area contributed by atoms with Gasteiger partial charge in [0.05, 0.1) is 16.4 Å². The fraction of sp³-hybridized carbons (Fsp3) is 0.368. The molecule has 1 fully saturated rings. The lowest BCUT2D eigenvalue weighted by atomic mass is 10.2. The van der Waals surface area contributed by atoms with E-state index in [9.17, 15) is 16.8 Å². The molecular formula is C19H24N2O6S2. The Morgan fingerprint density at radius 2 is 1.59 bits per heavy atom. The van der Waals surface area contributed by atoms with Crippen molar-refractivity contribution >= 4 is 25.7 Å². The van der Waals surface area contributed by atoms with Crippen molar-refractivity contribution in [1.82, 2.24) is 4.72 Å². The highest BCUT2D eigenvalue weighted by atomic mass is 32.2. The molecule has 1 aliphatic rings. The van der Waals surface area contributed by atoms with E-state index in [-0.39, 0.29) is 21.5 Å². The molecule has 29 heavy (non-hydrogen) atoms. The maximum Gasteiger partial charge on any atom is 0.261 e. The van der Waals surface area contributed by atoms with E-state index in [1.54, 1.807) is 20.1 Å². The summed E-state index contributed by atoms with van der Waals surface area (Å²) in [6.07, 6.45) is 1.68. The predicted molar refractivity (Wildman–Crippen MR) is 109 cm³/mol. The Bertz CT molecular complexity index is 1060. The number of anilines is 1. The summed E-state index contributed by atoms with van der Waals surface area (Å²) in [6.45, 7) is 2.56. The van der Waals surface area contributed by atoms with Gasteiger partial charge >= 0.3 is 0 Å². The number of methoxy groups -OCH3 is 1. The number of hydrogen-bond donors (Lipinski definition) is 2. The summed E-state index contributed by atoms with van der Waals surface area (Å²) in [4.78, 5) is 0.182. The third-order valence-electron chi connectivity index (χ3n) is 4.32. The summed E-state index contributed by atoms with van der Waals surface area (Å²) in [5.41, 5.74) is 0.949. The average molecular weight is 441 g/mol. The van der Waals surface area contributed by atoms with Crippen molar-refractivity contribution in [3.8, 4) is 5.75 Å². The number of benzene rings is 2. The molecule has 1 saturated carbocycles. The molecule has 0 atom stereocenters. The van der Waals surface area contributed by atoms with Gasteiger partial charge in [-0.05, 0) is 67.8 Å². The monoisotopic (exact) mass is 440 g/mol. The van der Waals surface area contributed by atoms with Gasteiger partial charge in [0, 0.05) is 18.8 Å². The van der Waals surface area contributed by atoms with Crippen LogP contribution >= 0.6 is 0 Å². The lowest BCUT2D eigenvalue weighted by Gasteiger charge is -2.12. The lowest BCUT2D eigenvalue weighted by Crippen LogP contribution is -2.25. The van der Waals surface area contributed by atoms with Crippen LogP contribution in [0.5, 0.6) is 5.75 Å². The molecule has 1 aliphatic carbocycles. The van der Waals surface area contributed by atoms with Crippen molar-refractivity contribution in [1.29, 1.82) is 0 Å². The highest BCUT2D eigenvalue weighted by Crippen LogP contribution is 2.25. The Balaban J connectivity index is 1.71. The van der Waals surface area contributed by atoms with Crippen LogP contribution in [-0.4, -0.2) is 43.2 Å². The molecule has 0 heterocycles. The zero-order valence-corrected chi connectivity index (χ0v) is 17.8. The van der Waals surface area contributed by atoms with Crippen molar-refractivity contribution in [3.05, 3.63) is 48.0 Å². The van der Waals surface area contributed by atoms with Gasteiger partial charge in [-0.2, -0.15) is 0 Å². The second-order valence-corrected chi connectivity index (χ2v) is 10.2. The second kappa shape index (κ2) is 8.70. The van der Waals surface area contributed by atoms with E-state index in [2.05, 4.69) is 9.44 Å². The number of aryl methyl sites for hydroxylation is 1. The van der Waals surface area contributed by atoms with Crippen LogP contribution in [0.1, 0.15) is 18.4 Å². The van der Waals surface area contributed by atoms with E-state index in [1.165, 1.54) is 36.4 Å². The summed E-state index contributed by atoms with van der Waals surface area (Å²) < 4.78 is 65.2. The van der Waals surface area contributed by atoms with E-state index in [1.807, 2.05) is 0 Å². The third kappa shape index (κ3) is 5.69. The van der Waals surface area contributed by atoms with Crippen LogP contribution in [0, 0.1) is 6.92 Å². The Morgan fingerprint density at radius 3 is 2.17 bits per heavy atom. The van der Waals surface area contributed by atoms with E-state index in [0.717, 1.165) is 12.8 Å². The zero-order chi connectivity index (χ0) is 21.1. The largest absolute Gasteiger partial charge is 0.491 e. The Morgan fingerprint density at radius 1 is 0.931 bits per heavy atom. The van der Waals surface area contributed by atoms with E-state index in [0.29, 0.717) is 24.5 Å². The standard InChI is InChI=1S/C19H24N2O6S2/c1-14-13-18(9-10-19(14)27-12-11-26-2)29(24,25)21-16-5-7-17(8-6-16)28(22,23)20-15-3-4-15/h5-10,13,15,20-21H,3-4,11-12H2,1-2H3. The van der Waals surface area contributed by atoms with Crippen molar-refractivity contribution in [2.24, 2.45) is 0 Å². The van der Waals surface area contributed by atoms with Gasteiger partial charge in [0.2, 0.25) is 10.0 Å². The average Bonchev–Trinajstić information content (AvgIpc) is 3.46. The van der Waals surface area contributed by atoms with Crippen LogP contribution < -0.4 is 14.2 Å². The summed E-state index contributed by atoms with van der Waals surface area (Å²) in [7, 11) is -5.84. The fourth-order valence-corrected chi connectivity index (χ4v) is 5.04. The van der Waals surface area contributed by atoms with Gasteiger partial charge in [0.25, 0.3) is 10.0 Å². The molecule has 10 heteroatoms. The molecule has 0 spiro atoms. The van der Waals surface area contributed by atoms with Gasteiger partial charge in [-0.25, -0.2) is 21.6 Å². The molecule has 0 amide bonds. The minimum atomic E-state index is -3.83. The molecule has 2 aromatic rings. The first-order valence-corrected chi connectivity index (χ1v) is 12.1. The molecule has 0 aromatic heterocycles. The predicted octanol–water partition coefficient (Wildman–Crippen LogP) is 2.26. The minimum absolute atomic E-state index is 0.00266. The summed E-state index contributed by atoms with van der Waals surface area (Å²) in [5.74, 6) is 0.582. The van der Waals surface area contributed by atoms with E-state index in [4.69, 9.17) is 9.47 Å². The SMILES string of the molecule is COCCOc1ccc(S(=O)(=O)Nc2ccc(S(=O)(=O)NC3CC3)cc2)cc1C. The highest BCUT2D eigenvalue weighted by Gasteiger charge is 2.28. The third-order valence-corrected chi connectivity index (χ3v) is 7.23. The first kappa shape index (κ1) is 21.6. The molecule has 3 rings (SSSR count). The maximum absolute atomic E-state index is 12.7. The van der Waals surface area contributed by atoms with E-state index >= 15 is 0 Å². The Hall–Kier alpha value is -2.14. The van der Waals surface area contributed by atoms with Gasteiger partial charge in [0.1, 0.15) is 12.4 Å². The lowest BCUT2D eigenvalue weighted by molar-refractivity contribution is 0.146. The first-order chi connectivity index (χ1) is 13.7. The van der Waals surface area contributed by atoms with Crippen molar-refractivity contribution in [2.75, 3.05) is 25.0 Å². The number of nitrogens with one attached hydrogen (secondary N) is 2. The molecule has 2 aromatic carbocycles. The quantitative estimate of drug-likeness (QED) is 0.548. The number of hydrogen-bond acceptors (Lipinski definition) is 6. The van der Waals surface area contributed by atoms with Gasteiger partial charge in [0.15, 0.2) is 0 Å². The maximum atomic E-state index is 12.7. The van der Waals surface area contributed by atoms with Gasteiger partial charge < -0.3 is 9.47 Å². The number of rotatable bonds is 10. The minimum Gasteiger partial charge on any atom is -0.491 e. The fourth-order valence-electron chi connectivity index (χ4n) is 2.59. The molecule has 0 radical (unpaired) electrons. The van der Waals surface area contributed by atoms with Crippen LogP contribution in [0.15, 0.2) is 52.3 Å². The number of ether oxygens (including phenoxy) is 2. The van der Waals surface area contributed by atoms with Crippen LogP contribution in [-0.2, 0) is 24.8 Å². The molecular weight excluding hydrogens is 416 g/mol. The molecule has 0 saturated heterocycles.